The molecule has 9 heteroatoms. The predicted molar refractivity (Wildman–Crippen MR) is 71.5 cm³/mol. The molecule has 0 saturated heterocycles. The molecule has 2 rings (SSSR count). The first-order valence-corrected chi connectivity index (χ1v) is 6.71. The second-order valence-electron chi connectivity index (χ2n) is 4.00. The Hall–Kier alpha value is -1.74. The van der Waals surface area contributed by atoms with Crippen LogP contribution in [-0.4, -0.2) is 30.2 Å². The molecule has 8 nitrogen and oxygen atoms in total. The third-order valence-electron chi connectivity index (χ3n) is 2.53. The minimum Gasteiger partial charge on any atom is -0.308 e. The van der Waals surface area contributed by atoms with Crippen LogP contribution in [0.2, 0.25) is 0 Å². The number of aromatic nitrogens is 6. The highest BCUT2D eigenvalue weighted by Crippen LogP contribution is 2.29. The molecule has 2 heterocycles. The van der Waals surface area contributed by atoms with E-state index >= 15 is 0 Å². The van der Waals surface area contributed by atoms with E-state index in [1.54, 1.807) is 11.7 Å². The second kappa shape index (κ2) is 5.93. The molecule has 0 bridgehead atoms. The van der Waals surface area contributed by atoms with Crippen molar-refractivity contribution < 1.29 is 0 Å². The molecule has 0 fully saturated rings. The van der Waals surface area contributed by atoms with Gasteiger partial charge in [0.2, 0.25) is 5.16 Å². The summed E-state index contributed by atoms with van der Waals surface area (Å²) in [7, 11) is 1.79. The zero-order valence-corrected chi connectivity index (χ0v) is 11.9. The van der Waals surface area contributed by atoms with Crippen LogP contribution >= 0.6 is 11.8 Å². The highest BCUT2D eigenvalue weighted by Gasteiger charge is 2.14. The quantitative estimate of drug-likeness (QED) is 0.468. The van der Waals surface area contributed by atoms with Gasteiger partial charge < -0.3 is 5.43 Å². The molecule has 0 unspecified atom stereocenters. The Kier molecular flexibility index (Phi) is 4.27. The van der Waals surface area contributed by atoms with E-state index in [1.807, 2.05) is 6.92 Å². The number of anilines is 1. The Morgan fingerprint density at radius 3 is 2.74 bits per heavy atom. The average molecular weight is 280 g/mol. The molecule has 0 spiro atoms. The van der Waals surface area contributed by atoms with Gasteiger partial charge in [0.1, 0.15) is 16.7 Å². The molecule has 0 aromatic carbocycles. The molecule has 102 valence electrons. The summed E-state index contributed by atoms with van der Waals surface area (Å²) in [4.78, 5) is 8.91. The van der Waals surface area contributed by atoms with Gasteiger partial charge in [-0.1, -0.05) is 6.92 Å². The molecule has 0 amide bonds. The molecule has 0 radical (unpaired) electrons. The fourth-order valence-corrected chi connectivity index (χ4v) is 2.33. The maximum atomic E-state index is 5.49. The zero-order chi connectivity index (χ0) is 13.8. The molecule has 2 aromatic heterocycles. The van der Waals surface area contributed by atoms with Crippen LogP contribution in [0.4, 0.5) is 5.82 Å². The molecule has 0 saturated carbocycles. The highest BCUT2D eigenvalue weighted by molar-refractivity contribution is 7.99. The predicted octanol–water partition coefficient (Wildman–Crippen LogP) is 0.698. The smallest absolute Gasteiger partial charge is 0.215 e. The molecular formula is C10H16N8S. The number of tetrazole rings is 1. The summed E-state index contributed by atoms with van der Waals surface area (Å²) in [5.74, 6) is 6.89. The van der Waals surface area contributed by atoms with Crippen molar-refractivity contribution in [2.24, 2.45) is 12.9 Å². The van der Waals surface area contributed by atoms with Crippen molar-refractivity contribution in [3.05, 3.63) is 11.4 Å². The Morgan fingerprint density at radius 2 is 2.16 bits per heavy atom. The summed E-state index contributed by atoms with van der Waals surface area (Å²) in [6.45, 7) is 4.00. The summed E-state index contributed by atoms with van der Waals surface area (Å²) in [5, 5.41) is 12.8. The van der Waals surface area contributed by atoms with Crippen LogP contribution in [0.3, 0.4) is 0 Å². The highest BCUT2D eigenvalue weighted by atomic mass is 32.2. The zero-order valence-electron chi connectivity index (χ0n) is 11.1. The van der Waals surface area contributed by atoms with Crippen molar-refractivity contribution >= 4 is 17.6 Å². The lowest BCUT2D eigenvalue weighted by Gasteiger charge is -2.10. The van der Waals surface area contributed by atoms with Crippen LogP contribution in [-0.2, 0) is 13.5 Å². The van der Waals surface area contributed by atoms with Gasteiger partial charge in [0, 0.05) is 19.0 Å². The van der Waals surface area contributed by atoms with Crippen molar-refractivity contribution in [2.45, 2.75) is 36.9 Å². The number of hydrogen-bond acceptors (Lipinski definition) is 8. The molecule has 0 atom stereocenters. The summed E-state index contributed by atoms with van der Waals surface area (Å²) >= 11 is 1.40. The third-order valence-corrected chi connectivity index (χ3v) is 3.65. The monoisotopic (exact) mass is 280 g/mol. The standard InChI is InChI=1S/C10H16N8S/c1-4-5-7-12-8(14-11)6(2)9(13-7)19-10-15-16-17-18(10)3/h4-5,11H2,1-3H3,(H,12,13,14). The summed E-state index contributed by atoms with van der Waals surface area (Å²) in [6.07, 6.45) is 1.78. The van der Waals surface area contributed by atoms with Gasteiger partial charge in [0.15, 0.2) is 0 Å². The van der Waals surface area contributed by atoms with E-state index in [9.17, 15) is 0 Å². The number of rotatable bonds is 5. The van der Waals surface area contributed by atoms with E-state index in [-0.39, 0.29) is 0 Å². The molecule has 2 aromatic rings. The van der Waals surface area contributed by atoms with Crippen molar-refractivity contribution in [1.82, 2.24) is 30.2 Å². The lowest BCUT2D eigenvalue weighted by molar-refractivity contribution is 0.664. The van der Waals surface area contributed by atoms with E-state index in [1.165, 1.54) is 11.8 Å². The van der Waals surface area contributed by atoms with Crippen molar-refractivity contribution in [2.75, 3.05) is 5.43 Å². The molecule has 0 aliphatic rings. The number of aryl methyl sites for hydroxylation is 2. The number of nitrogens with zero attached hydrogens (tertiary/aromatic N) is 6. The van der Waals surface area contributed by atoms with Gasteiger partial charge in [-0.2, -0.15) is 0 Å². The Morgan fingerprint density at radius 1 is 1.37 bits per heavy atom. The van der Waals surface area contributed by atoms with Crippen LogP contribution in [0.1, 0.15) is 24.7 Å². The summed E-state index contributed by atoms with van der Waals surface area (Å²) in [5.41, 5.74) is 3.49. The fourth-order valence-electron chi connectivity index (χ4n) is 1.51. The van der Waals surface area contributed by atoms with Gasteiger partial charge in [-0.3, -0.25) is 0 Å². The van der Waals surface area contributed by atoms with Crippen LogP contribution in [0, 0.1) is 6.92 Å². The van der Waals surface area contributed by atoms with E-state index in [4.69, 9.17) is 5.84 Å². The lowest BCUT2D eigenvalue weighted by atomic mass is 10.3. The minimum atomic E-state index is 0.635. The number of nitrogens with two attached hydrogens (primary N) is 1. The first-order chi connectivity index (χ1) is 9.15. The van der Waals surface area contributed by atoms with Crippen LogP contribution < -0.4 is 11.3 Å². The maximum absolute atomic E-state index is 5.49. The van der Waals surface area contributed by atoms with Crippen molar-refractivity contribution in [1.29, 1.82) is 0 Å². The largest absolute Gasteiger partial charge is 0.308 e. The van der Waals surface area contributed by atoms with Gasteiger partial charge >= 0.3 is 0 Å². The van der Waals surface area contributed by atoms with E-state index in [0.29, 0.717) is 11.0 Å². The molecule has 19 heavy (non-hydrogen) atoms. The van der Waals surface area contributed by atoms with Crippen molar-refractivity contribution in [3.8, 4) is 0 Å². The third kappa shape index (κ3) is 2.99. The lowest BCUT2D eigenvalue weighted by Crippen LogP contribution is -2.13. The van der Waals surface area contributed by atoms with E-state index in [2.05, 4.69) is 37.8 Å². The van der Waals surface area contributed by atoms with Gasteiger partial charge in [-0.05, 0) is 35.5 Å². The van der Waals surface area contributed by atoms with Crippen molar-refractivity contribution in [3.63, 3.8) is 0 Å². The topological polar surface area (TPSA) is 107 Å². The van der Waals surface area contributed by atoms with E-state index in [0.717, 1.165) is 29.3 Å². The Bertz CT molecular complexity index is 567. The second-order valence-corrected chi connectivity index (χ2v) is 4.96. The molecule has 0 aliphatic carbocycles. The molecule has 3 N–H and O–H groups in total. The maximum Gasteiger partial charge on any atom is 0.215 e. The summed E-state index contributed by atoms with van der Waals surface area (Å²) < 4.78 is 1.60. The Balaban J connectivity index is 2.37. The fraction of sp³-hybridized carbons (Fsp3) is 0.500. The number of nitrogen functional groups attached to an aromatic ring is 1. The average Bonchev–Trinajstić information content (AvgIpc) is 2.79. The van der Waals surface area contributed by atoms with Gasteiger partial charge in [-0.25, -0.2) is 20.5 Å². The van der Waals surface area contributed by atoms with E-state index < -0.39 is 0 Å². The molecular weight excluding hydrogens is 264 g/mol. The first kappa shape index (κ1) is 13.7. The molecule has 0 aliphatic heterocycles. The number of hydrogen-bond donors (Lipinski definition) is 2. The Labute approximate surface area is 115 Å². The first-order valence-electron chi connectivity index (χ1n) is 5.90. The van der Waals surface area contributed by atoms with Gasteiger partial charge in [0.25, 0.3) is 0 Å². The minimum absolute atomic E-state index is 0.635. The number of nitrogens with one attached hydrogen (secondary N) is 1. The SMILES string of the molecule is CCCc1nc(NN)c(C)c(Sc2nnnn2C)n1. The number of hydrazine groups is 1. The van der Waals surface area contributed by atoms with Crippen LogP contribution in [0.25, 0.3) is 0 Å². The summed E-state index contributed by atoms with van der Waals surface area (Å²) in [6, 6.07) is 0. The van der Waals surface area contributed by atoms with Gasteiger partial charge in [0.05, 0.1) is 0 Å². The normalized spacial score (nSPS) is 10.7. The van der Waals surface area contributed by atoms with Crippen LogP contribution in [0.15, 0.2) is 10.2 Å². The van der Waals surface area contributed by atoms with Gasteiger partial charge in [-0.15, -0.1) is 5.10 Å². The van der Waals surface area contributed by atoms with Crippen LogP contribution in [0.5, 0.6) is 0 Å².